The normalized spacial score (nSPS) is 10.2. The molecule has 1 amide bonds. The predicted octanol–water partition coefficient (Wildman–Crippen LogP) is 4.31. The summed E-state index contributed by atoms with van der Waals surface area (Å²) in [6.45, 7) is 2.52. The summed E-state index contributed by atoms with van der Waals surface area (Å²) < 4.78 is 10.4. The van der Waals surface area contributed by atoms with Crippen LogP contribution in [0.2, 0.25) is 5.02 Å². The lowest BCUT2D eigenvalue weighted by Gasteiger charge is -2.08. The van der Waals surface area contributed by atoms with E-state index in [-0.39, 0.29) is 11.9 Å². The molecule has 5 nitrogen and oxygen atoms in total. The van der Waals surface area contributed by atoms with Gasteiger partial charge in [0.15, 0.2) is 0 Å². The number of hydrogen-bond acceptors (Lipinski definition) is 4. The molecular formula is C19H20ClNO4. The van der Waals surface area contributed by atoms with Gasteiger partial charge in [-0.3, -0.25) is 4.79 Å². The molecule has 0 aromatic heterocycles. The molecule has 132 valence electrons. The minimum atomic E-state index is -0.375. The first-order chi connectivity index (χ1) is 12.1. The number of nitrogens with one attached hydrogen (secondary N) is 1. The monoisotopic (exact) mass is 361 g/mol. The second-order valence-corrected chi connectivity index (χ2v) is 5.69. The van der Waals surface area contributed by atoms with Gasteiger partial charge in [-0.25, -0.2) is 4.79 Å². The fraction of sp³-hybridized carbons (Fsp3) is 0.263. The number of ether oxygens (including phenoxy) is 2. The Kier molecular flexibility index (Phi) is 7.29. The van der Waals surface area contributed by atoms with E-state index >= 15 is 0 Å². The third-order valence-electron chi connectivity index (χ3n) is 3.31. The van der Waals surface area contributed by atoms with Crippen molar-refractivity contribution in [2.45, 2.75) is 19.8 Å². The smallest absolute Gasteiger partial charge is 0.338 e. The van der Waals surface area contributed by atoms with Crippen LogP contribution < -0.4 is 10.1 Å². The first-order valence-corrected chi connectivity index (χ1v) is 8.41. The van der Waals surface area contributed by atoms with Crippen molar-refractivity contribution in [3.05, 3.63) is 59.1 Å². The van der Waals surface area contributed by atoms with Crippen molar-refractivity contribution in [2.75, 3.05) is 18.5 Å². The molecule has 2 aromatic rings. The van der Waals surface area contributed by atoms with Crippen molar-refractivity contribution < 1.29 is 19.1 Å². The molecule has 0 aliphatic heterocycles. The van der Waals surface area contributed by atoms with E-state index in [0.29, 0.717) is 42.3 Å². The summed E-state index contributed by atoms with van der Waals surface area (Å²) in [6, 6.07) is 13.7. The molecule has 0 fully saturated rings. The van der Waals surface area contributed by atoms with Crippen molar-refractivity contribution >= 4 is 29.2 Å². The van der Waals surface area contributed by atoms with Crippen LogP contribution in [0.3, 0.4) is 0 Å². The Morgan fingerprint density at radius 3 is 2.36 bits per heavy atom. The fourth-order valence-corrected chi connectivity index (χ4v) is 2.21. The van der Waals surface area contributed by atoms with Gasteiger partial charge >= 0.3 is 5.97 Å². The largest absolute Gasteiger partial charge is 0.494 e. The quantitative estimate of drug-likeness (QED) is 0.562. The van der Waals surface area contributed by atoms with Crippen molar-refractivity contribution in [3.63, 3.8) is 0 Å². The molecule has 0 bridgehead atoms. The molecule has 1 N–H and O–H groups in total. The number of halogens is 1. The van der Waals surface area contributed by atoms with E-state index in [4.69, 9.17) is 21.1 Å². The summed E-state index contributed by atoms with van der Waals surface area (Å²) >= 11 is 5.80. The topological polar surface area (TPSA) is 64.6 Å². The lowest BCUT2D eigenvalue weighted by molar-refractivity contribution is -0.116. The summed E-state index contributed by atoms with van der Waals surface area (Å²) in [6.07, 6.45) is 0.933. The maximum absolute atomic E-state index is 11.9. The van der Waals surface area contributed by atoms with E-state index in [1.807, 2.05) is 0 Å². The van der Waals surface area contributed by atoms with E-state index in [1.165, 1.54) is 0 Å². The zero-order chi connectivity index (χ0) is 18.1. The summed E-state index contributed by atoms with van der Waals surface area (Å²) in [5.74, 6) is 0.239. The van der Waals surface area contributed by atoms with Crippen molar-refractivity contribution in [2.24, 2.45) is 0 Å². The number of anilines is 1. The zero-order valence-corrected chi connectivity index (χ0v) is 14.7. The Morgan fingerprint density at radius 1 is 1.04 bits per heavy atom. The van der Waals surface area contributed by atoms with Crippen molar-refractivity contribution in [3.8, 4) is 5.75 Å². The maximum atomic E-state index is 11.9. The van der Waals surface area contributed by atoms with E-state index in [9.17, 15) is 9.59 Å². The lowest BCUT2D eigenvalue weighted by atomic mass is 10.2. The third-order valence-corrected chi connectivity index (χ3v) is 3.56. The number of benzene rings is 2. The minimum absolute atomic E-state index is 0.108. The van der Waals surface area contributed by atoms with Gasteiger partial charge in [-0.1, -0.05) is 11.6 Å². The second kappa shape index (κ2) is 9.69. The van der Waals surface area contributed by atoms with Gasteiger partial charge in [0.2, 0.25) is 5.91 Å². The van der Waals surface area contributed by atoms with Gasteiger partial charge in [0.1, 0.15) is 5.75 Å². The summed E-state index contributed by atoms with van der Waals surface area (Å²) in [7, 11) is 0. The zero-order valence-electron chi connectivity index (χ0n) is 14.0. The molecule has 6 heteroatoms. The highest BCUT2D eigenvalue weighted by Gasteiger charge is 2.07. The number of carbonyl (C=O) groups is 2. The van der Waals surface area contributed by atoms with Gasteiger partial charge in [0, 0.05) is 17.1 Å². The first-order valence-electron chi connectivity index (χ1n) is 8.04. The lowest BCUT2D eigenvalue weighted by Crippen LogP contribution is -2.13. The molecule has 0 radical (unpaired) electrons. The molecule has 25 heavy (non-hydrogen) atoms. The van der Waals surface area contributed by atoms with E-state index in [2.05, 4.69) is 5.32 Å². The molecule has 0 spiro atoms. The number of carbonyl (C=O) groups excluding carboxylic acids is 2. The Labute approximate surface area is 151 Å². The van der Waals surface area contributed by atoms with Crippen LogP contribution in [0.25, 0.3) is 0 Å². The highest BCUT2D eigenvalue weighted by Crippen LogP contribution is 2.16. The molecular weight excluding hydrogens is 342 g/mol. The van der Waals surface area contributed by atoms with Crippen LogP contribution in [-0.2, 0) is 9.53 Å². The Balaban J connectivity index is 1.71. The maximum Gasteiger partial charge on any atom is 0.338 e. The average molecular weight is 362 g/mol. The van der Waals surface area contributed by atoms with Gasteiger partial charge in [0.25, 0.3) is 0 Å². The minimum Gasteiger partial charge on any atom is -0.494 e. The number of esters is 1. The van der Waals surface area contributed by atoms with Crippen LogP contribution in [0.4, 0.5) is 5.69 Å². The van der Waals surface area contributed by atoms with Crippen molar-refractivity contribution in [1.82, 2.24) is 0 Å². The van der Waals surface area contributed by atoms with Crippen molar-refractivity contribution in [1.29, 1.82) is 0 Å². The van der Waals surface area contributed by atoms with Crippen LogP contribution in [0.5, 0.6) is 5.75 Å². The van der Waals surface area contributed by atoms with Gasteiger partial charge in [-0.15, -0.1) is 0 Å². The van der Waals surface area contributed by atoms with Crippen LogP contribution in [0, 0.1) is 0 Å². The van der Waals surface area contributed by atoms with Gasteiger partial charge in [0.05, 0.1) is 18.8 Å². The molecule has 2 rings (SSSR count). The second-order valence-electron chi connectivity index (χ2n) is 5.25. The fourth-order valence-electron chi connectivity index (χ4n) is 2.08. The van der Waals surface area contributed by atoms with Gasteiger partial charge in [-0.05, 0) is 61.9 Å². The predicted molar refractivity (Wildman–Crippen MR) is 97.2 cm³/mol. The molecule has 0 heterocycles. The van der Waals surface area contributed by atoms with E-state index < -0.39 is 0 Å². The standard InChI is InChI=1S/C19H20ClNO4/c1-2-24-19(23)14-5-9-16(10-6-14)21-18(22)4-3-13-25-17-11-7-15(20)8-12-17/h5-12H,2-4,13H2,1H3,(H,21,22). The molecule has 0 saturated carbocycles. The van der Waals surface area contributed by atoms with Crippen LogP contribution >= 0.6 is 11.6 Å². The SMILES string of the molecule is CCOC(=O)c1ccc(NC(=O)CCCOc2ccc(Cl)cc2)cc1. The molecule has 0 unspecified atom stereocenters. The van der Waals surface area contributed by atoms with Gasteiger partial charge in [-0.2, -0.15) is 0 Å². The van der Waals surface area contributed by atoms with Crippen LogP contribution in [0.1, 0.15) is 30.1 Å². The number of amides is 1. The molecule has 2 aromatic carbocycles. The molecule has 0 saturated heterocycles. The Hall–Kier alpha value is -2.53. The first kappa shape index (κ1) is 18.8. The number of hydrogen-bond donors (Lipinski definition) is 1. The average Bonchev–Trinajstić information content (AvgIpc) is 2.61. The summed E-state index contributed by atoms with van der Waals surface area (Å²) in [5.41, 5.74) is 1.09. The molecule has 0 aliphatic carbocycles. The Morgan fingerprint density at radius 2 is 1.72 bits per heavy atom. The molecule has 0 atom stereocenters. The van der Waals surface area contributed by atoms with E-state index in [1.54, 1.807) is 55.5 Å². The van der Waals surface area contributed by atoms with Crippen LogP contribution in [-0.4, -0.2) is 25.1 Å². The summed E-state index contributed by atoms with van der Waals surface area (Å²) in [4.78, 5) is 23.5. The highest BCUT2D eigenvalue weighted by molar-refractivity contribution is 6.30. The molecule has 0 aliphatic rings. The van der Waals surface area contributed by atoms with Crippen LogP contribution in [0.15, 0.2) is 48.5 Å². The third kappa shape index (κ3) is 6.47. The summed E-state index contributed by atoms with van der Waals surface area (Å²) in [5, 5.41) is 3.44. The highest BCUT2D eigenvalue weighted by atomic mass is 35.5. The van der Waals surface area contributed by atoms with Gasteiger partial charge < -0.3 is 14.8 Å². The Bertz CT molecular complexity index is 698. The number of rotatable bonds is 8. The van der Waals surface area contributed by atoms with E-state index in [0.717, 1.165) is 5.75 Å².